The molecule has 2 aromatic carbocycles. The van der Waals surface area contributed by atoms with Gasteiger partial charge in [-0.3, -0.25) is 4.79 Å². The minimum atomic E-state index is -3.70. The summed E-state index contributed by atoms with van der Waals surface area (Å²) >= 11 is 0. The fourth-order valence-electron chi connectivity index (χ4n) is 3.92. The molecular weight excluding hydrogens is 392 g/mol. The fourth-order valence-corrected chi connectivity index (χ4v) is 5.47. The van der Waals surface area contributed by atoms with Crippen LogP contribution in [0.4, 0.5) is 5.69 Å². The molecule has 2 aliphatic heterocycles. The molecular formula is C20H20N4O4S. The lowest BCUT2D eigenvalue weighted by Gasteiger charge is -2.31. The number of ether oxygens (including phenoxy) is 1. The molecule has 8 nitrogen and oxygen atoms in total. The Labute approximate surface area is 167 Å². The summed E-state index contributed by atoms with van der Waals surface area (Å²) in [6, 6.07) is 12.4. The Morgan fingerprint density at radius 3 is 2.90 bits per heavy atom. The molecule has 150 valence electrons. The van der Waals surface area contributed by atoms with E-state index in [-0.39, 0.29) is 23.3 Å². The molecule has 0 radical (unpaired) electrons. The number of nitrogens with zero attached hydrogens (tertiary/aromatic N) is 2. The van der Waals surface area contributed by atoms with Crippen molar-refractivity contribution in [2.75, 3.05) is 25.0 Å². The lowest BCUT2D eigenvalue weighted by molar-refractivity contribution is -0.118. The Bertz CT molecular complexity index is 1170. The number of hydrogen-bond donors (Lipinski definition) is 2. The number of nitrogens with one attached hydrogen (secondary N) is 2. The first-order valence-electron chi connectivity index (χ1n) is 9.52. The van der Waals surface area contributed by atoms with Crippen molar-refractivity contribution in [2.24, 2.45) is 0 Å². The van der Waals surface area contributed by atoms with E-state index in [0.29, 0.717) is 24.5 Å². The summed E-state index contributed by atoms with van der Waals surface area (Å²) in [7, 11) is -3.70. The molecule has 5 rings (SSSR count). The van der Waals surface area contributed by atoms with E-state index >= 15 is 0 Å². The minimum absolute atomic E-state index is 0.00610. The van der Waals surface area contributed by atoms with Gasteiger partial charge in [0.2, 0.25) is 10.0 Å². The van der Waals surface area contributed by atoms with Crippen molar-refractivity contribution in [3.05, 3.63) is 48.3 Å². The number of hydrogen-bond acceptors (Lipinski definition) is 5. The van der Waals surface area contributed by atoms with Crippen LogP contribution in [0.1, 0.15) is 24.6 Å². The van der Waals surface area contributed by atoms with Crippen LogP contribution in [-0.2, 0) is 14.8 Å². The van der Waals surface area contributed by atoms with Gasteiger partial charge in [0.15, 0.2) is 6.61 Å². The third-order valence-corrected chi connectivity index (χ3v) is 7.26. The SMILES string of the molecule is O=C1COc2ccc(S(=O)(=O)N3CCCC(c4nc5ccccc5[nH]4)C3)cc2N1. The molecule has 1 atom stereocenters. The largest absolute Gasteiger partial charge is 0.482 e. The number of para-hydroxylation sites is 2. The van der Waals surface area contributed by atoms with Crippen molar-refractivity contribution in [3.8, 4) is 5.75 Å². The van der Waals surface area contributed by atoms with Gasteiger partial charge in [-0.2, -0.15) is 4.31 Å². The summed E-state index contributed by atoms with van der Waals surface area (Å²) in [5.41, 5.74) is 2.22. The van der Waals surface area contributed by atoms with Crippen LogP contribution >= 0.6 is 0 Å². The van der Waals surface area contributed by atoms with Crippen LogP contribution in [0, 0.1) is 0 Å². The number of carbonyl (C=O) groups is 1. The molecule has 9 heteroatoms. The first-order valence-corrected chi connectivity index (χ1v) is 11.0. The molecule has 3 heterocycles. The molecule has 0 spiro atoms. The molecule has 0 aliphatic carbocycles. The van der Waals surface area contributed by atoms with Crippen molar-refractivity contribution in [1.29, 1.82) is 0 Å². The third-order valence-electron chi connectivity index (χ3n) is 5.40. The van der Waals surface area contributed by atoms with E-state index in [1.54, 1.807) is 6.07 Å². The summed E-state index contributed by atoms with van der Waals surface area (Å²) in [4.78, 5) is 19.7. The van der Waals surface area contributed by atoms with Gasteiger partial charge in [0.25, 0.3) is 5.91 Å². The number of amides is 1. The van der Waals surface area contributed by atoms with E-state index in [9.17, 15) is 13.2 Å². The standard InChI is InChI=1S/C20H20N4O4S/c25-19-12-28-18-8-7-14(10-17(18)21-19)29(26,27)24-9-3-4-13(11-24)20-22-15-5-1-2-6-16(15)23-20/h1-2,5-8,10,13H,3-4,9,11-12H2,(H,21,25)(H,22,23). The maximum absolute atomic E-state index is 13.2. The first kappa shape index (κ1) is 18.1. The summed E-state index contributed by atoms with van der Waals surface area (Å²) in [5, 5.41) is 2.66. The van der Waals surface area contributed by atoms with Gasteiger partial charge in [-0.05, 0) is 43.2 Å². The van der Waals surface area contributed by atoms with E-state index in [0.717, 1.165) is 29.7 Å². The number of carbonyl (C=O) groups excluding carboxylic acids is 1. The first-order chi connectivity index (χ1) is 14.0. The summed E-state index contributed by atoms with van der Waals surface area (Å²) in [6.07, 6.45) is 1.63. The highest BCUT2D eigenvalue weighted by atomic mass is 32.2. The van der Waals surface area contributed by atoms with Gasteiger partial charge in [0, 0.05) is 19.0 Å². The average Bonchev–Trinajstić information content (AvgIpc) is 3.17. The number of rotatable bonds is 3. The zero-order valence-electron chi connectivity index (χ0n) is 15.6. The summed E-state index contributed by atoms with van der Waals surface area (Å²) in [6.45, 7) is 0.755. The summed E-state index contributed by atoms with van der Waals surface area (Å²) < 4.78 is 33.3. The van der Waals surface area contributed by atoms with Crippen molar-refractivity contribution in [3.63, 3.8) is 0 Å². The van der Waals surface area contributed by atoms with Gasteiger partial charge >= 0.3 is 0 Å². The molecule has 1 saturated heterocycles. The van der Waals surface area contributed by atoms with Crippen LogP contribution in [0.15, 0.2) is 47.4 Å². The molecule has 2 N–H and O–H groups in total. The van der Waals surface area contributed by atoms with E-state index in [4.69, 9.17) is 4.74 Å². The maximum Gasteiger partial charge on any atom is 0.262 e. The number of aromatic amines is 1. The van der Waals surface area contributed by atoms with Gasteiger partial charge in [-0.15, -0.1) is 0 Å². The lowest BCUT2D eigenvalue weighted by atomic mass is 9.99. The predicted molar refractivity (Wildman–Crippen MR) is 107 cm³/mol. The number of anilines is 1. The second-order valence-electron chi connectivity index (χ2n) is 7.34. The molecule has 0 bridgehead atoms. The minimum Gasteiger partial charge on any atom is -0.482 e. The Morgan fingerprint density at radius 2 is 2.03 bits per heavy atom. The van der Waals surface area contributed by atoms with Crippen molar-refractivity contribution in [2.45, 2.75) is 23.7 Å². The number of H-pyrrole nitrogens is 1. The van der Waals surface area contributed by atoms with Crippen LogP contribution in [0.25, 0.3) is 11.0 Å². The van der Waals surface area contributed by atoms with E-state index in [1.165, 1.54) is 16.4 Å². The lowest BCUT2D eigenvalue weighted by Crippen LogP contribution is -2.39. The molecule has 0 saturated carbocycles. The summed E-state index contributed by atoms with van der Waals surface area (Å²) in [5.74, 6) is 1.00. The van der Waals surface area contributed by atoms with Crippen LogP contribution in [0.2, 0.25) is 0 Å². The molecule has 3 aromatic rings. The quantitative estimate of drug-likeness (QED) is 0.688. The second-order valence-corrected chi connectivity index (χ2v) is 9.27. The zero-order valence-corrected chi connectivity index (χ0v) is 16.4. The number of sulfonamides is 1. The highest BCUT2D eigenvalue weighted by Crippen LogP contribution is 2.34. The Balaban J connectivity index is 1.42. The normalized spacial score (nSPS) is 20.1. The molecule has 1 amide bonds. The van der Waals surface area contributed by atoms with E-state index in [2.05, 4.69) is 15.3 Å². The van der Waals surface area contributed by atoms with Crippen molar-refractivity contribution < 1.29 is 17.9 Å². The highest BCUT2D eigenvalue weighted by Gasteiger charge is 2.33. The molecule has 29 heavy (non-hydrogen) atoms. The number of fused-ring (bicyclic) bond motifs is 2. The Morgan fingerprint density at radius 1 is 1.17 bits per heavy atom. The number of benzene rings is 2. The smallest absolute Gasteiger partial charge is 0.262 e. The number of imidazole rings is 1. The van der Waals surface area contributed by atoms with Crippen LogP contribution in [0.5, 0.6) is 5.75 Å². The highest BCUT2D eigenvalue weighted by molar-refractivity contribution is 7.89. The van der Waals surface area contributed by atoms with Gasteiger partial charge in [-0.25, -0.2) is 13.4 Å². The fraction of sp³-hybridized carbons (Fsp3) is 0.300. The van der Waals surface area contributed by atoms with Crippen molar-refractivity contribution >= 4 is 32.7 Å². The van der Waals surface area contributed by atoms with Crippen LogP contribution in [-0.4, -0.2) is 48.3 Å². The number of aromatic nitrogens is 2. The Hall–Kier alpha value is -2.91. The van der Waals surface area contributed by atoms with E-state index in [1.807, 2.05) is 24.3 Å². The second kappa shape index (κ2) is 6.85. The van der Waals surface area contributed by atoms with Gasteiger partial charge < -0.3 is 15.0 Å². The molecule has 1 aromatic heterocycles. The maximum atomic E-state index is 13.2. The van der Waals surface area contributed by atoms with E-state index < -0.39 is 10.0 Å². The number of piperidine rings is 1. The third kappa shape index (κ3) is 3.26. The Kier molecular flexibility index (Phi) is 4.29. The predicted octanol–water partition coefficient (Wildman–Crippen LogP) is 2.46. The van der Waals surface area contributed by atoms with Crippen molar-refractivity contribution in [1.82, 2.24) is 14.3 Å². The molecule has 1 unspecified atom stereocenters. The van der Waals surface area contributed by atoms with Crippen LogP contribution < -0.4 is 10.1 Å². The van der Waals surface area contributed by atoms with Gasteiger partial charge in [-0.1, -0.05) is 12.1 Å². The zero-order chi connectivity index (χ0) is 20.0. The topological polar surface area (TPSA) is 104 Å². The monoisotopic (exact) mass is 412 g/mol. The van der Waals surface area contributed by atoms with Crippen LogP contribution in [0.3, 0.4) is 0 Å². The average molecular weight is 412 g/mol. The molecule has 1 fully saturated rings. The van der Waals surface area contributed by atoms with Gasteiger partial charge in [0.1, 0.15) is 11.6 Å². The molecule has 2 aliphatic rings. The van der Waals surface area contributed by atoms with Gasteiger partial charge in [0.05, 0.1) is 21.6 Å².